The van der Waals surface area contributed by atoms with E-state index in [4.69, 9.17) is 0 Å². The first kappa shape index (κ1) is 18.9. The van der Waals surface area contributed by atoms with Gasteiger partial charge in [-0.2, -0.15) is 4.31 Å². The van der Waals surface area contributed by atoms with Gasteiger partial charge in [-0.25, -0.2) is 8.42 Å². The van der Waals surface area contributed by atoms with Crippen molar-refractivity contribution in [1.82, 2.24) is 9.62 Å². The molecule has 1 N–H and O–H groups in total. The van der Waals surface area contributed by atoms with Crippen LogP contribution in [0, 0.1) is 5.92 Å². The summed E-state index contributed by atoms with van der Waals surface area (Å²) in [5.41, 5.74) is 0. The van der Waals surface area contributed by atoms with Gasteiger partial charge in [0.05, 0.1) is 9.77 Å². The highest BCUT2D eigenvalue weighted by Crippen LogP contribution is 2.27. The molecule has 1 aliphatic carbocycles. The number of carbonyl (C=O) groups excluding carboxylic acids is 1. The van der Waals surface area contributed by atoms with Crippen LogP contribution >= 0.6 is 11.3 Å². The van der Waals surface area contributed by atoms with Crippen LogP contribution in [0.1, 0.15) is 68.0 Å². The third-order valence-electron chi connectivity index (χ3n) is 5.25. The molecule has 5 nitrogen and oxygen atoms in total. The van der Waals surface area contributed by atoms with Crippen molar-refractivity contribution in [3.63, 3.8) is 0 Å². The number of thiophene rings is 1. The molecule has 2 fully saturated rings. The summed E-state index contributed by atoms with van der Waals surface area (Å²) in [5.74, 6) is 0.255. The maximum Gasteiger partial charge on any atom is 0.261 e. The third kappa shape index (κ3) is 4.63. The second-order valence-corrected chi connectivity index (χ2v) is 10.3. The number of amides is 1. The molecule has 1 atom stereocenters. The minimum absolute atomic E-state index is 0.134. The number of piperidine rings is 1. The van der Waals surface area contributed by atoms with Gasteiger partial charge >= 0.3 is 0 Å². The number of nitrogens with one attached hydrogen (secondary N) is 1. The van der Waals surface area contributed by atoms with Crippen LogP contribution in [0.4, 0.5) is 0 Å². The first-order valence-electron chi connectivity index (χ1n) is 9.36. The van der Waals surface area contributed by atoms with Gasteiger partial charge in [0.15, 0.2) is 0 Å². The molecule has 1 amide bonds. The number of nitrogens with zero attached hydrogens (tertiary/aromatic N) is 1. The van der Waals surface area contributed by atoms with E-state index in [1.54, 1.807) is 15.8 Å². The number of rotatable bonds is 4. The Morgan fingerprint density at radius 2 is 1.88 bits per heavy atom. The summed E-state index contributed by atoms with van der Waals surface area (Å²) < 4.78 is 27.2. The van der Waals surface area contributed by atoms with Crippen molar-refractivity contribution in [3.8, 4) is 0 Å². The van der Waals surface area contributed by atoms with E-state index < -0.39 is 10.0 Å². The molecule has 1 saturated heterocycles. The van der Waals surface area contributed by atoms with Crippen LogP contribution in [0.3, 0.4) is 0 Å². The van der Waals surface area contributed by atoms with Crippen LogP contribution in [0.15, 0.2) is 16.3 Å². The summed E-state index contributed by atoms with van der Waals surface area (Å²) in [4.78, 5) is 13.2. The van der Waals surface area contributed by atoms with Gasteiger partial charge in [-0.1, -0.05) is 32.6 Å². The molecule has 140 valence electrons. The molecule has 2 heterocycles. The first-order valence-corrected chi connectivity index (χ1v) is 11.7. The highest BCUT2D eigenvalue weighted by atomic mass is 32.2. The van der Waals surface area contributed by atoms with Crippen molar-refractivity contribution in [1.29, 1.82) is 0 Å². The van der Waals surface area contributed by atoms with Gasteiger partial charge in [0.1, 0.15) is 0 Å². The lowest BCUT2D eigenvalue weighted by Crippen LogP contribution is -2.38. The zero-order valence-electron chi connectivity index (χ0n) is 14.9. The standard InChI is InChI=1S/C18H28N2O3S2/c1-14-7-6-10-20(12-14)25(22,23)16-11-17(24-13-16)18(21)19-15-8-4-2-3-5-9-15/h11,13-15H,2-10,12H2,1H3,(H,19,21)/t14-/m0/s1. The van der Waals surface area contributed by atoms with Gasteiger partial charge < -0.3 is 5.32 Å². The molecule has 0 bridgehead atoms. The van der Waals surface area contributed by atoms with Crippen molar-refractivity contribution >= 4 is 27.3 Å². The lowest BCUT2D eigenvalue weighted by atomic mass is 10.0. The Morgan fingerprint density at radius 1 is 1.16 bits per heavy atom. The van der Waals surface area contributed by atoms with E-state index in [9.17, 15) is 13.2 Å². The summed E-state index contributed by atoms with van der Waals surface area (Å²) in [6.07, 6.45) is 8.81. The van der Waals surface area contributed by atoms with Crippen LogP contribution in [0.25, 0.3) is 0 Å². The Balaban J connectivity index is 1.67. The van der Waals surface area contributed by atoms with Crippen molar-refractivity contribution in [2.75, 3.05) is 13.1 Å². The molecule has 0 spiro atoms. The van der Waals surface area contributed by atoms with Gasteiger partial charge in [0.25, 0.3) is 5.91 Å². The van der Waals surface area contributed by atoms with Gasteiger partial charge in [-0.15, -0.1) is 11.3 Å². The number of sulfonamides is 1. The molecule has 2 aliphatic rings. The maximum atomic E-state index is 12.8. The van der Waals surface area contributed by atoms with E-state index in [1.807, 2.05) is 0 Å². The van der Waals surface area contributed by atoms with Gasteiger partial charge in [0.2, 0.25) is 10.0 Å². The maximum absolute atomic E-state index is 12.8. The number of hydrogen-bond acceptors (Lipinski definition) is 4. The van der Waals surface area contributed by atoms with Crippen molar-refractivity contribution < 1.29 is 13.2 Å². The molecule has 1 aromatic heterocycles. The average molecular weight is 385 g/mol. The van der Waals surface area contributed by atoms with Crippen molar-refractivity contribution in [2.45, 2.75) is 69.2 Å². The van der Waals surface area contributed by atoms with Crippen molar-refractivity contribution in [3.05, 3.63) is 16.3 Å². The minimum Gasteiger partial charge on any atom is -0.349 e. The summed E-state index contributed by atoms with van der Waals surface area (Å²) in [6, 6.07) is 1.77. The Hall–Kier alpha value is -0.920. The smallest absolute Gasteiger partial charge is 0.261 e. The van der Waals surface area contributed by atoms with E-state index in [2.05, 4.69) is 12.2 Å². The van der Waals surface area contributed by atoms with Crippen LogP contribution in [0.2, 0.25) is 0 Å². The highest BCUT2D eigenvalue weighted by molar-refractivity contribution is 7.89. The van der Waals surface area contributed by atoms with E-state index in [-0.39, 0.29) is 16.8 Å². The van der Waals surface area contributed by atoms with Crippen LogP contribution in [0.5, 0.6) is 0 Å². The topological polar surface area (TPSA) is 66.5 Å². The monoisotopic (exact) mass is 384 g/mol. The fourth-order valence-electron chi connectivity index (χ4n) is 3.77. The van der Waals surface area contributed by atoms with Crippen LogP contribution in [-0.4, -0.2) is 37.8 Å². The van der Waals surface area contributed by atoms with Gasteiger partial charge in [-0.3, -0.25) is 4.79 Å². The highest BCUT2D eigenvalue weighted by Gasteiger charge is 2.30. The summed E-state index contributed by atoms with van der Waals surface area (Å²) in [5, 5.41) is 4.70. The van der Waals surface area contributed by atoms with E-state index in [1.165, 1.54) is 24.2 Å². The predicted octanol–water partition coefficient (Wildman–Crippen LogP) is 3.62. The quantitative estimate of drug-likeness (QED) is 0.806. The zero-order valence-corrected chi connectivity index (χ0v) is 16.5. The molecule has 0 radical (unpaired) electrons. The van der Waals surface area contributed by atoms with E-state index in [0.29, 0.717) is 23.9 Å². The molecule has 3 rings (SSSR count). The summed E-state index contributed by atoms with van der Waals surface area (Å²) >= 11 is 1.23. The number of carbonyl (C=O) groups is 1. The second kappa shape index (κ2) is 8.18. The Bertz CT molecular complexity index is 691. The molecule has 25 heavy (non-hydrogen) atoms. The number of hydrogen-bond donors (Lipinski definition) is 1. The van der Waals surface area contributed by atoms with Crippen molar-refractivity contribution in [2.24, 2.45) is 5.92 Å². The Labute approximate surface area is 154 Å². The molecule has 1 aromatic rings. The molecular formula is C18H28N2O3S2. The summed E-state index contributed by atoms with van der Waals surface area (Å²) in [7, 11) is -3.48. The lowest BCUT2D eigenvalue weighted by molar-refractivity contribution is 0.0937. The molecule has 1 saturated carbocycles. The van der Waals surface area contributed by atoms with E-state index >= 15 is 0 Å². The normalized spacial score (nSPS) is 24.0. The lowest BCUT2D eigenvalue weighted by Gasteiger charge is -2.29. The second-order valence-electron chi connectivity index (χ2n) is 7.42. The molecule has 1 aliphatic heterocycles. The van der Waals surface area contributed by atoms with E-state index in [0.717, 1.165) is 38.5 Å². The fourth-order valence-corrected chi connectivity index (χ4v) is 6.53. The minimum atomic E-state index is -3.48. The van der Waals surface area contributed by atoms with Gasteiger partial charge in [0, 0.05) is 24.5 Å². The molecule has 0 unspecified atom stereocenters. The first-order chi connectivity index (χ1) is 12.0. The zero-order chi connectivity index (χ0) is 17.9. The molecule has 7 heteroatoms. The SMILES string of the molecule is C[C@H]1CCCN(S(=O)(=O)c2csc(C(=O)NC3CCCCCC3)c2)C1. The fraction of sp³-hybridized carbons (Fsp3) is 0.722. The van der Waals surface area contributed by atoms with Gasteiger partial charge in [-0.05, 0) is 37.7 Å². The Morgan fingerprint density at radius 3 is 2.56 bits per heavy atom. The average Bonchev–Trinajstić information content (AvgIpc) is 2.96. The molecule has 0 aromatic carbocycles. The predicted molar refractivity (Wildman–Crippen MR) is 100 cm³/mol. The third-order valence-corrected chi connectivity index (χ3v) is 8.17. The van der Waals surface area contributed by atoms with Crippen LogP contribution in [-0.2, 0) is 10.0 Å². The largest absolute Gasteiger partial charge is 0.349 e. The Kier molecular flexibility index (Phi) is 6.17. The van der Waals surface area contributed by atoms with Crippen LogP contribution < -0.4 is 5.32 Å². The summed E-state index contributed by atoms with van der Waals surface area (Å²) in [6.45, 7) is 3.23. The molecular weight excluding hydrogens is 356 g/mol.